The number of nitrogens with one attached hydrogen (secondary N) is 1. The van der Waals surface area contributed by atoms with Crippen molar-refractivity contribution in [2.24, 2.45) is 5.41 Å². The van der Waals surface area contributed by atoms with E-state index in [4.69, 9.17) is 27.9 Å². The van der Waals surface area contributed by atoms with Crippen LogP contribution in [0.4, 0.5) is 5.69 Å². The first-order valence-electron chi connectivity index (χ1n) is 8.99. The first-order valence-corrected chi connectivity index (χ1v) is 11.2. The number of hydrogen-bond donors (Lipinski definition) is 1. The maximum atomic E-state index is 13.0. The summed E-state index contributed by atoms with van der Waals surface area (Å²) in [5.74, 6) is 0.00674. The fraction of sp³-hybridized carbons (Fsp3) is 0.611. The molecule has 27 heavy (non-hydrogen) atoms. The predicted molar refractivity (Wildman–Crippen MR) is 106 cm³/mol. The second kappa shape index (κ2) is 7.43. The summed E-state index contributed by atoms with van der Waals surface area (Å²) >= 11 is 12.1. The van der Waals surface area contributed by atoms with Crippen molar-refractivity contribution in [3.63, 3.8) is 0 Å². The number of nitrogens with zero attached hydrogens (tertiary/aromatic N) is 1. The van der Waals surface area contributed by atoms with E-state index in [9.17, 15) is 13.2 Å². The van der Waals surface area contributed by atoms with E-state index >= 15 is 0 Å². The third kappa shape index (κ3) is 3.92. The lowest BCUT2D eigenvalue weighted by Gasteiger charge is -2.21. The third-order valence-electron chi connectivity index (χ3n) is 5.38. The number of ether oxygens (including phenoxy) is 1. The Kier molecular flexibility index (Phi) is 5.70. The van der Waals surface area contributed by atoms with Gasteiger partial charge < -0.3 is 10.1 Å². The van der Waals surface area contributed by atoms with Crippen LogP contribution in [0.15, 0.2) is 23.1 Å². The third-order valence-corrected chi connectivity index (χ3v) is 8.38. The van der Waals surface area contributed by atoms with Crippen molar-refractivity contribution in [1.29, 1.82) is 0 Å². The smallest absolute Gasteiger partial charge is 0.243 e. The number of carbonyl (C=O) groups excluding carboxylic acids is 1. The molecule has 1 N–H and O–H groups in total. The summed E-state index contributed by atoms with van der Waals surface area (Å²) in [5, 5.41) is 2.73. The SMILES string of the molecule is COc1ccc(S(=O)(=O)N2CCCCCC2)cc1NC(=O)C1(C)CC1(Cl)Cl. The Balaban J connectivity index is 1.88. The molecule has 0 aromatic heterocycles. The normalized spacial score (nSPS) is 25.5. The molecule has 9 heteroatoms. The van der Waals surface area contributed by atoms with E-state index in [-0.39, 0.29) is 16.5 Å². The molecule has 1 aliphatic heterocycles. The first-order chi connectivity index (χ1) is 12.6. The van der Waals surface area contributed by atoms with Crippen LogP contribution in [0.3, 0.4) is 0 Å². The molecular formula is C18H24Cl2N2O4S. The zero-order chi connectivity index (χ0) is 19.9. The number of methoxy groups -OCH3 is 1. The van der Waals surface area contributed by atoms with E-state index in [1.807, 2.05) is 0 Å². The first kappa shape index (κ1) is 20.7. The van der Waals surface area contributed by atoms with Crippen LogP contribution < -0.4 is 10.1 Å². The van der Waals surface area contributed by atoms with Gasteiger partial charge >= 0.3 is 0 Å². The largest absolute Gasteiger partial charge is 0.495 e. The molecule has 0 bridgehead atoms. The van der Waals surface area contributed by atoms with Crippen molar-refractivity contribution in [3.05, 3.63) is 18.2 Å². The molecule has 2 aliphatic rings. The number of halogens is 2. The summed E-state index contributed by atoms with van der Waals surface area (Å²) in [5.41, 5.74) is -0.628. The summed E-state index contributed by atoms with van der Waals surface area (Å²) in [6.07, 6.45) is 4.11. The lowest BCUT2D eigenvalue weighted by molar-refractivity contribution is -0.120. The fourth-order valence-electron chi connectivity index (χ4n) is 3.28. The summed E-state index contributed by atoms with van der Waals surface area (Å²) in [6.45, 7) is 2.69. The van der Waals surface area contributed by atoms with Crippen molar-refractivity contribution in [2.45, 2.75) is 48.3 Å². The van der Waals surface area contributed by atoms with Crippen molar-refractivity contribution < 1.29 is 17.9 Å². The average molecular weight is 435 g/mol. The summed E-state index contributed by atoms with van der Waals surface area (Å²) in [4.78, 5) is 12.7. The molecule has 1 saturated heterocycles. The van der Waals surface area contributed by atoms with Crippen LogP contribution in [0, 0.1) is 5.41 Å². The van der Waals surface area contributed by atoms with Crippen LogP contribution in [0.5, 0.6) is 5.75 Å². The highest BCUT2D eigenvalue weighted by molar-refractivity contribution is 7.89. The van der Waals surface area contributed by atoms with Gasteiger partial charge in [-0.15, -0.1) is 23.2 Å². The van der Waals surface area contributed by atoms with Crippen molar-refractivity contribution >= 4 is 44.8 Å². The van der Waals surface area contributed by atoms with Crippen LogP contribution >= 0.6 is 23.2 Å². The molecular weight excluding hydrogens is 411 g/mol. The summed E-state index contributed by atoms with van der Waals surface area (Å²) in [6, 6.07) is 4.48. The highest BCUT2D eigenvalue weighted by atomic mass is 35.5. The second-order valence-electron chi connectivity index (χ2n) is 7.35. The lowest BCUT2D eigenvalue weighted by Crippen LogP contribution is -2.32. The molecule has 0 radical (unpaired) electrons. The molecule has 3 rings (SSSR count). The number of alkyl halides is 2. The summed E-state index contributed by atoms with van der Waals surface area (Å²) in [7, 11) is -2.18. The average Bonchev–Trinajstić information content (AvgIpc) is 3.26. The zero-order valence-corrected chi connectivity index (χ0v) is 17.8. The van der Waals surface area contributed by atoms with Gasteiger partial charge in [0, 0.05) is 13.1 Å². The highest BCUT2D eigenvalue weighted by Gasteiger charge is 2.68. The van der Waals surface area contributed by atoms with Gasteiger partial charge in [0.2, 0.25) is 15.9 Å². The second-order valence-corrected chi connectivity index (χ2v) is 10.8. The topological polar surface area (TPSA) is 75.7 Å². The summed E-state index contributed by atoms with van der Waals surface area (Å²) < 4.78 is 31.7. The quantitative estimate of drug-likeness (QED) is 0.715. The monoisotopic (exact) mass is 434 g/mol. The minimum Gasteiger partial charge on any atom is -0.495 e. The van der Waals surface area contributed by atoms with Crippen LogP contribution in [0.1, 0.15) is 39.0 Å². The van der Waals surface area contributed by atoms with Crippen LogP contribution in [0.2, 0.25) is 0 Å². The standard InChI is InChI=1S/C18H24Cl2N2O4S/c1-17(12-18(17,19)20)16(23)21-14-11-13(7-8-15(14)26-2)27(24,25)22-9-5-3-4-6-10-22/h7-8,11H,3-6,9-10,12H2,1-2H3,(H,21,23). The maximum Gasteiger partial charge on any atom is 0.243 e. The molecule has 150 valence electrons. The molecule has 1 unspecified atom stereocenters. The van der Waals surface area contributed by atoms with Crippen molar-refractivity contribution in [3.8, 4) is 5.75 Å². The Morgan fingerprint density at radius 2 is 1.78 bits per heavy atom. The van der Waals surface area contributed by atoms with E-state index in [0.29, 0.717) is 25.3 Å². The van der Waals surface area contributed by atoms with Gasteiger partial charge in [0.05, 0.1) is 23.1 Å². The van der Waals surface area contributed by atoms with Crippen molar-refractivity contribution in [2.75, 3.05) is 25.5 Å². The van der Waals surface area contributed by atoms with Crippen molar-refractivity contribution in [1.82, 2.24) is 4.31 Å². The Hall–Kier alpha value is -1.02. The van der Waals surface area contributed by atoms with Gasteiger partial charge in [0.15, 0.2) is 0 Å². The predicted octanol–water partition coefficient (Wildman–Crippen LogP) is 3.78. The van der Waals surface area contributed by atoms with Gasteiger partial charge in [0.25, 0.3) is 0 Å². The highest BCUT2D eigenvalue weighted by Crippen LogP contribution is 2.64. The number of sulfonamides is 1. The number of hydrogen-bond acceptors (Lipinski definition) is 4. The van der Waals surface area contributed by atoms with Gasteiger partial charge in [-0.05, 0) is 44.4 Å². The molecule has 6 nitrogen and oxygen atoms in total. The van der Waals surface area contributed by atoms with E-state index in [1.54, 1.807) is 13.0 Å². The van der Waals surface area contributed by atoms with Crippen LogP contribution in [-0.2, 0) is 14.8 Å². The zero-order valence-electron chi connectivity index (χ0n) is 15.4. The number of benzene rings is 1. The molecule has 1 atom stereocenters. The van der Waals surface area contributed by atoms with E-state index in [0.717, 1.165) is 25.7 Å². The molecule has 1 heterocycles. The van der Waals surface area contributed by atoms with Crippen LogP contribution in [0.25, 0.3) is 0 Å². The minimum absolute atomic E-state index is 0.129. The van der Waals surface area contributed by atoms with Gasteiger partial charge in [-0.25, -0.2) is 8.42 Å². The number of rotatable bonds is 5. The van der Waals surface area contributed by atoms with Crippen LogP contribution in [-0.4, -0.2) is 43.2 Å². The maximum absolute atomic E-state index is 13.0. The fourth-order valence-corrected chi connectivity index (χ4v) is 5.53. The van der Waals surface area contributed by atoms with E-state index in [1.165, 1.54) is 23.5 Å². The molecule has 2 fully saturated rings. The van der Waals surface area contributed by atoms with Gasteiger partial charge in [-0.2, -0.15) is 4.31 Å². The Bertz CT molecular complexity index is 836. The molecule has 1 aromatic rings. The van der Waals surface area contributed by atoms with E-state index < -0.39 is 19.8 Å². The Labute approximate surface area is 170 Å². The minimum atomic E-state index is -3.64. The van der Waals surface area contributed by atoms with Gasteiger partial charge in [-0.1, -0.05) is 12.8 Å². The number of amides is 1. The Morgan fingerprint density at radius 1 is 1.19 bits per heavy atom. The molecule has 0 spiro atoms. The molecule has 1 aliphatic carbocycles. The molecule has 1 aromatic carbocycles. The van der Waals surface area contributed by atoms with Gasteiger partial charge in [-0.3, -0.25) is 4.79 Å². The lowest BCUT2D eigenvalue weighted by atomic mass is 10.1. The van der Waals surface area contributed by atoms with Gasteiger partial charge in [0.1, 0.15) is 10.1 Å². The number of carbonyl (C=O) groups is 1. The molecule has 1 saturated carbocycles. The van der Waals surface area contributed by atoms with E-state index in [2.05, 4.69) is 5.32 Å². The Morgan fingerprint density at radius 3 is 2.30 bits per heavy atom. The number of anilines is 1. The molecule has 1 amide bonds.